The lowest BCUT2D eigenvalue weighted by molar-refractivity contribution is 0.315. The molecule has 0 aromatic rings. The molecule has 6 nitrogen and oxygen atoms in total. The summed E-state index contributed by atoms with van der Waals surface area (Å²) in [5, 5.41) is 11.0. The van der Waals surface area contributed by atoms with Gasteiger partial charge in [0.1, 0.15) is 0 Å². The van der Waals surface area contributed by atoms with Gasteiger partial charge in [-0.15, -0.1) is 0 Å². The highest BCUT2D eigenvalue weighted by Gasteiger charge is 2.18. The second kappa shape index (κ2) is 5.92. The Morgan fingerprint density at radius 3 is 2.47 bits per heavy atom. The van der Waals surface area contributed by atoms with Crippen LogP contribution < -0.4 is 5.73 Å². The zero-order chi connectivity index (χ0) is 12.1. The molecule has 3 N–H and O–H groups in total. The highest BCUT2D eigenvalue weighted by Crippen LogP contribution is 2.06. The van der Waals surface area contributed by atoms with Gasteiger partial charge in [0.2, 0.25) is 10.0 Å². The number of nitrogens with two attached hydrogens (primary N) is 1. The number of sulfonamides is 1. The Labute approximate surface area is 90.8 Å². The standard InChI is InChI=1S/C8H19N3O3S/c1-7(2)4-5-15(13,14)11(3)6-8(9)10-12/h7,12H,4-6H2,1-3H3,(H2,9,10). The molecule has 0 bridgehead atoms. The van der Waals surface area contributed by atoms with E-state index >= 15 is 0 Å². The third kappa shape index (κ3) is 5.58. The van der Waals surface area contributed by atoms with E-state index in [0.29, 0.717) is 12.3 Å². The molecule has 7 heteroatoms. The topological polar surface area (TPSA) is 96.0 Å². The molecule has 0 heterocycles. The summed E-state index contributed by atoms with van der Waals surface area (Å²) in [6.07, 6.45) is 0.600. The van der Waals surface area contributed by atoms with Gasteiger partial charge in [-0.2, -0.15) is 4.31 Å². The Bertz CT molecular complexity index is 311. The van der Waals surface area contributed by atoms with Crippen LogP contribution in [-0.4, -0.2) is 43.1 Å². The minimum absolute atomic E-state index is 0.0832. The van der Waals surface area contributed by atoms with Gasteiger partial charge in [0.05, 0.1) is 12.3 Å². The molecule has 0 atom stereocenters. The summed E-state index contributed by atoms with van der Waals surface area (Å²) >= 11 is 0. The molecule has 0 aromatic carbocycles. The Hall–Kier alpha value is -0.820. The highest BCUT2D eigenvalue weighted by molar-refractivity contribution is 7.89. The molecule has 0 saturated carbocycles. The van der Waals surface area contributed by atoms with Crippen LogP contribution >= 0.6 is 0 Å². The van der Waals surface area contributed by atoms with Crippen molar-refractivity contribution in [3.8, 4) is 0 Å². The normalized spacial score (nSPS) is 13.8. The van der Waals surface area contributed by atoms with Crippen LogP contribution in [0.5, 0.6) is 0 Å². The number of nitrogens with zero attached hydrogens (tertiary/aromatic N) is 2. The molecule has 0 amide bonds. The summed E-state index contributed by atoms with van der Waals surface area (Å²) in [4.78, 5) is 0. The van der Waals surface area contributed by atoms with E-state index in [4.69, 9.17) is 10.9 Å². The quantitative estimate of drug-likeness (QED) is 0.295. The fourth-order valence-corrected chi connectivity index (χ4v) is 2.31. The predicted molar refractivity (Wildman–Crippen MR) is 59.3 cm³/mol. The van der Waals surface area contributed by atoms with Gasteiger partial charge in [-0.3, -0.25) is 0 Å². The molecule has 0 saturated heterocycles. The number of oxime groups is 1. The predicted octanol–water partition coefficient (Wildman–Crippen LogP) is 0.0405. The van der Waals surface area contributed by atoms with E-state index in [0.717, 1.165) is 4.31 Å². The Morgan fingerprint density at radius 1 is 1.53 bits per heavy atom. The smallest absolute Gasteiger partial charge is 0.214 e. The van der Waals surface area contributed by atoms with Crippen LogP contribution in [0.15, 0.2) is 5.16 Å². The van der Waals surface area contributed by atoms with Gasteiger partial charge in [0, 0.05) is 7.05 Å². The second-order valence-electron chi connectivity index (χ2n) is 3.85. The van der Waals surface area contributed by atoms with E-state index in [9.17, 15) is 8.42 Å². The first-order valence-electron chi connectivity index (χ1n) is 4.70. The van der Waals surface area contributed by atoms with Crippen LogP contribution in [0.4, 0.5) is 0 Å². The van der Waals surface area contributed by atoms with Crippen LogP contribution in [0.1, 0.15) is 20.3 Å². The first kappa shape index (κ1) is 14.2. The summed E-state index contributed by atoms with van der Waals surface area (Å²) in [7, 11) is -1.89. The summed E-state index contributed by atoms with van der Waals surface area (Å²) < 4.78 is 24.3. The van der Waals surface area contributed by atoms with Gasteiger partial charge in [0.25, 0.3) is 0 Å². The number of rotatable bonds is 6. The van der Waals surface area contributed by atoms with Gasteiger partial charge in [-0.05, 0) is 12.3 Å². The molecule has 0 aliphatic rings. The highest BCUT2D eigenvalue weighted by atomic mass is 32.2. The van der Waals surface area contributed by atoms with Crippen molar-refractivity contribution >= 4 is 15.9 Å². The van der Waals surface area contributed by atoms with E-state index in [1.807, 2.05) is 13.8 Å². The van der Waals surface area contributed by atoms with Crippen LogP contribution in [0.2, 0.25) is 0 Å². The average Bonchev–Trinajstić information content (AvgIpc) is 2.14. The summed E-state index contributed by atoms with van der Waals surface area (Å²) in [6.45, 7) is 3.83. The maximum Gasteiger partial charge on any atom is 0.214 e. The zero-order valence-electron chi connectivity index (χ0n) is 9.34. The van der Waals surface area contributed by atoms with Crippen molar-refractivity contribution in [3.63, 3.8) is 0 Å². The van der Waals surface area contributed by atoms with Crippen molar-refractivity contribution in [1.82, 2.24) is 4.31 Å². The number of likely N-dealkylation sites (N-methyl/N-ethyl adjacent to an activating group) is 1. The Balaban J connectivity index is 4.33. The van der Waals surface area contributed by atoms with Crippen molar-refractivity contribution in [3.05, 3.63) is 0 Å². The van der Waals surface area contributed by atoms with Gasteiger partial charge >= 0.3 is 0 Å². The van der Waals surface area contributed by atoms with Gasteiger partial charge in [-0.1, -0.05) is 19.0 Å². The van der Waals surface area contributed by atoms with Crippen LogP contribution in [-0.2, 0) is 10.0 Å². The van der Waals surface area contributed by atoms with Crippen molar-refractivity contribution in [2.24, 2.45) is 16.8 Å². The summed E-state index contributed by atoms with van der Waals surface area (Å²) in [5.41, 5.74) is 5.22. The molecular formula is C8H19N3O3S. The van der Waals surface area contributed by atoms with Gasteiger partial charge in [-0.25, -0.2) is 8.42 Å². The third-order valence-electron chi connectivity index (χ3n) is 1.94. The summed E-state index contributed by atoms with van der Waals surface area (Å²) in [5.74, 6) is 0.294. The number of amidine groups is 1. The van der Waals surface area contributed by atoms with Crippen molar-refractivity contribution in [1.29, 1.82) is 0 Å². The van der Waals surface area contributed by atoms with E-state index in [1.165, 1.54) is 7.05 Å². The Morgan fingerprint density at radius 2 is 2.07 bits per heavy atom. The van der Waals surface area contributed by atoms with Gasteiger partial charge < -0.3 is 10.9 Å². The second-order valence-corrected chi connectivity index (χ2v) is 6.04. The number of hydrogen-bond acceptors (Lipinski definition) is 4. The van der Waals surface area contributed by atoms with E-state index in [2.05, 4.69) is 5.16 Å². The molecule has 0 radical (unpaired) electrons. The van der Waals surface area contributed by atoms with E-state index in [-0.39, 0.29) is 18.1 Å². The first-order chi connectivity index (χ1) is 6.79. The molecule has 0 aromatic heterocycles. The fraction of sp³-hybridized carbons (Fsp3) is 0.875. The van der Waals surface area contributed by atoms with Crippen LogP contribution in [0.3, 0.4) is 0 Å². The molecular weight excluding hydrogens is 218 g/mol. The lowest BCUT2D eigenvalue weighted by atomic mass is 10.2. The molecule has 0 aliphatic heterocycles. The molecule has 0 fully saturated rings. The SMILES string of the molecule is CC(C)CCS(=O)(=O)N(C)CC(N)=NO. The lowest BCUT2D eigenvalue weighted by Gasteiger charge is -2.16. The third-order valence-corrected chi connectivity index (χ3v) is 3.77. The molecule has 0 unspecified atom stereocenters. The summed E-state index contributed by atoms with van der Waals surface area (Å²) in [6, 6.07) is 0. The minimum atomic E-state index is -3.30. The van der Waals surface area contributed by atoms with Crippen molar-refractivity contribution < 1.29 is 13.6 Å². The fourth-order valence-electron chi connectivity index (χ4n) is 0.899. The van der Waals surface area contributed by atoms with E-state index in [1.54, 1.807) is 0 Å². The Kier molecular flexibility index (Phi) is 5.59. The lowest BCUT2D eigenvalue weighted by Crippen LogP contribution is -2.37. The monoisotopic (exact) mass is 237 g/mol. The van der Waals surface area contributed by atoms with E-state index < -0.39 is 10.0 Å². The average molecular weight is 237 g/mol. The van der Waals surface area contributed by atoms with Crippen LogP contribution in [0, 0.1) is 5.92 Å². The molecule has 0 aliphatic carbocycles. The first-order valence-corrected chi connectivity index (χ1v) is 6.31. The van der Waals surface area contributed by atoms with Crippen LogP contribution in [0.25, 0.3) is 0 Å². The molecule has 90 valence electrons. The van der Waals surface area contributed by atoms with Gasteiger partial charge in [0.15, 0.2) is 5.84 Å². The zero-order valence-corrected chi connectivity index (χ0v) is 10.2. The molecule has 15 heavy (non-hydrogen) atoms. The molecule has 0 spiro atoms. The van der Waals surface area contributed by atoms with Crippen molar-refractivity contribution in [2.45, 2.75) is 20.3 Å². The maximum absolute atomic E-state index is 11.6. The maximum atomic E-state index is 11.6. The molecule has 0 rings (SSSR count). The van der Waals surface area contributed by atoms with Crippen molar-refractivity contribution in [2.75, 3.05) is 19.3 Å². The number of hydrogen-bond donors (Lipinski definition) is 2. The minimum Gasteiger partial charge on any atom is -0.409 e. The largest absolute Gasteiger partial charge is 0.409 e.